The molecule has 26 heavy (non-hydrogen) atoms. The number of pyridine rings is 1. The van der Waals surface area contributed by atoms with E-state index in [9.17, 15) is 4.39 Å². The number of nitrogens with zero attached hydrogens (tertiary/aromatic N) is 2. The van der Waals surface area contributed by atoms with Crippen molar-refractivity contribution in [1.82, 2.24) is 14.9 Å². The van der Waals surface area contributed by atoms with E-state index in [-0.39, 0.29) is 5.82 Å². The summed E-state index contributed by atoms with van der Waals surface area (Å²) in [5.74, 6) is 1.12. The predicted molar refractivity (Wildman–Crippen MR) is 101 cm³/mol. The molecule has 1 aromatic carbocycles. The summed E-state index contributed by atoms with van der Waals surface area (Å²) < 4.78 is 13.4. The monoisotopic (exact) mass is 347 g/mol. The number of fused-ring (bicyclic) bond motifs is 3. The van der Waals surface area contributed by atoms with E-state index in [0.29, 0.717) is 5.92 Å². The van der Waals surface area contributed by atoms with E-state index in [1.807, 2.05) is 24.5 Å². The highest BCUT2D eigenvalue weighted by atomic mass is 19.1. The van der Waals surface area contributed by atoms with Crippen molar-refractivity contribution in [3.8, 4) is 22.4 Å². The Bertz CT molecular complexity index is 893. The number of rotatable bonds is 3. The van der Waals surface area contributed by atoms with Crippen LogP contribution in [-0.4, -0.2) is 34.5 Å². The SMILES string of the molecule is Fc1ccc(-c2[nH]cc(C3CN4CCC3CC4)c2-c2ccncc2)cc1. The van der Waals surface area contributed by atoms with Crippen molar-refractivity contribution >= 4 is 0 Å². The van der Waals surface area contributed by atoms with Crippen LogP contribution in [0.3, 0.4) is 0 Å². The maximum absolute atomic E-state index is 13.4. The summed E-state index contributed by atoms with van der Waals surface area (Å²) in [6.45, 7) is 3.62. The highest BCUT2D eigenvalue weighted by molar-refractivity contribution is 5.84. The van der Waals surface area contributed by atoms with Gasteiger partial charge in [0.25, 0.3) is 0 Å². The van der Waals surface area contributed by atoms with Crippen LogP contribution in [0.2, 0.25) is 0 Å². The topological polar surface area (TPSA) is 31.9 Å². The van der Waals surface area contributed by atoms with E-state index in [0.717, 1.165) is 23.7 Å². The molecule has 3 saturated heterocycles. The Morgan fingerprint density at radius 1 is 0.962 bits per heavy atom. The Morgan fingerprint density at radius 2 is 1.69 bits per heavy atom. The molecule has 132 valence electrons. The van der Waals surface area contributed by atoms with Gasteiger partial charge in [-0.1, -0.05) is 0 Å². The standard InChI is InChI=1S/C22H22FN3/c23-18-3-1-17(2-4-18)22-21(16-5-9-24-10-6-16)19(13-25-22)20-14-26-11-7-15(20)8-12-26/h1-6,9-10,13,15,20,25H,7-8,11-12,14H2. The first-order valence-electron chi connectivity index (χ1n) is 9.39. The van der Waals surface area contributed by atoms with Gasteiger partial charge < -0.3 is 9.88 Å². The Balaban J connectivity index is 1.65. The summed E-state index contributed by atoms with van der Waals surface area (Å²) in [6.07, 6.45) is 8.45. The smallest absolute Gasteiger partial charge is 0.123 e. The Morgan fingerprint density at radius 3 is 2.35 bits per heavy atom. The summed E-state index contributed by atoms with van der Waals surface area (Å²) in [6, 6.07) is 10.9. The Hall–Kier alpha value is -2.46. The fraction of sp³-hybridized carbons (Fsp3) is 0.318. The van der Waals surface area contributed by atoms with Gasteiger partial charge in [-0.15, -0.1) is 0 Å². The number of piperidine rings is 3. The van der Waals surface area contributed by atoms with Gasteiger partial charge in [-0.3, -0.25) is 4.98 Å². The van der Waals surface area contributed by atoms with Crippen LogP contribution in [0.1, 0.15) is 24.3 Å². The van der Waals surface area contributed by atoms with Gasteiger partial charge in [0.15, 0.2) is 0 Å². The van der Waals surface area contributed by atoms with E-state index >= 15 is 0 Å². The first kappa shape index (κ1) is 15.8. The average molecular weight is 347 g/mol. The number of nitrogens with one attached hydrogen (secondary N) is 1. The number of halogens is 1. The van der Waals surface area contributed by atoms with Gasteiger partial charge in [-0.2, -0.15) is 0 Å². The van der Waals surface area contributed by atoms with Gasteiger partial charge in [-0.05, 0) is 84.9 Å². The van der Waals surface area contributed by atoms with Crippen LogP contribution in [0.25, 0.3) is 22.4 Å². The number of aromatic amines is 1. The third kappa shape index (κ3) is 2.65. The van der Waals surface area contributed by atoms with Gasteiger partial charge >= 0.3 is 0 Å². The lowest BCUT2D eigenvalue weighted by molar-refractivity contribution is 0.0873. The molecule has 0 spiro atoms. The second kappa shape index (κ2) is 6.36. The van der Waals surface area contributed by atoms with Crippen molar-refractivity contribution in [3.63, 3.8) is 0 Å². The molecule has 2 bridgehead atoms. The lowest BCUT2D eigenvalue weighted by Gasteiger charge is -2.45. The van der Waals surface area contributed by atoms with Crippen LogP contribution in [0.4, 0.5) is 4.39 Å². The molecule has 0 amide bonds. The number of H-pyrrole nitrogens is 1. The van der Waals surface area contributed by atoms with E-state index in [1.54, 1.807) is 0 Å². The van der Waals surface area contributed by atoms with Gasteiger partial charge in [-0.25, -0.2) is 4.39 Å². The van der Waals surface area contributed by atoms with E-state index in [1.165, 1.54) is 54.8 Å². The van der Waals surface area contributed by atoms with E-state index in [4.69, 9.17) is 0 Å². The maximum atomic E-state index is 13.4. The molecule has 5 heterocycles. The predicted octanol–water partition coefficient (Wildman–Crippen LogP) is 4.69. The molecule has 3 aromatic rings. The van der Waals surface area contributed by atoms with Crippen molar-refractivity contribution in [3.05, 3.63) is 66.4 Å². The van der Waals surface area contributed by atoms with Crippen LogP contribution in [0.5, 0.6) is 0 Å². The van der Waals surface area contributed by atoms with E-state index < -0.39 is 0 Å². The molecule has 3 aliphatic rings. The zero-order valence-electron chi connectivity index (χ0n) is 14.7. The first-order chi connectivity index (χ1) is 12.8. The Kier molecular flexibility index (Phi) is 3.86. The van der Waals surface area contributed by atoms with E-state index in [2.05, 4.69) is 33.2 Å². The first-order valence-corrected chi connectivity index (χ1v) is 9.39. The number of aromatic nitrogens is 2. The molecule has 6 rings (SSSR count). The highest BCUT2D eigenvalue weighted by Crippen LogP contribution is 2.45. The van der Waals surface area contributed by atoms with Gasteiger partial charge in [0, 0.05) is 36.6 Å². The molecule has 1 N–H and O–H groups in total. The zero-order valence-corrected chi connectivity index (χ0v) is 14.7. The van der Waals surface area contributed by atoms with Crippen molar-refractivity contribution in [2.45, 2.75) is 18.8 Å². The lowest BCUT2D eigenvalue weighted by Crippen LogP contribution is -2.46. The zero-order chi connectivity index (χ0) is 17.5. The minimum Gasteiger partial charge on any atom is -0.360 e. The molecule has 1 unspecified atom stereocenters. The quantitative estimate of drug-likeness (QED) is 0.745. The second-order valence-electron chi connectivity index (χ2n) is 7.48. The summed E-state index contributed by atoms with van der Waals surface area (Å²) in [5.41, 5.74) is 5.91. The molecule has 4 heteroatoms. The average Bonchev–Trinajstić information content (AvgIpc) is 3.15. The summed E-state index contributed by atoms with van der Waals surface area (Å²) in [5, 5.41) is 0. The molecular weight excluding hydrogens is 325 g/mol. The van der Waals surface area contributed by atoms with Crippen LogP contribution >= 0.6 is 0 Å². The summed E-state index contributed by atoms with van der Waals surface area (Å²) in [7, 11) is 0. The normalized spacial score (nSPS) is 24.7. The molecule has 2 aromatic heterocycles. The number of hydrogen-bond donors (Lipinski definition) is 1. The number of benzene rings is 1. The number of hydrogen-bond acceptors (Lipinski definition) is 2. The maximum Gasteiger partial charge on any atom is 0.123 e. The highest BCUT2D eigenvalue weighted by Gasteiger charge is 2.37. The largest absolute Gasteiger partial charge is 0.360 e. The molecular formula is C22H22FN3. The lowest BCUT2D eigenvalue weighted by atomic mass is 9.74. The fourth-order valence-electron chi connectivity index (χ4n) is 4.72. The van der Waals surface area contributed by atoms with Crippen LogP contribution < -0.4 is 0 Å². The van der Waals surface area contributed by atoms with Gasteiger partial charge in [0.1, 0.15) is 5.82 Å². The van der Waals surface area contributed by atoms with Gasteiger partial charge in [0.05, 0.1) is 5.69 Å². The van der Waals surface area contributed by atoms with Crippen molar-refractivity contribution in [2.24, 2.45) is 5.92 Å². The van der Waals surface area contributed by atoms with Crippen LogP contribution in [0, 0.1) is 11.7 Å². The minimum atomic E-state index is -0.205. The Labute approximate surface area is 152 Å². The van der Waals surface area contributed by atoms with Gasteiger partial charge in [0.2, 0.25) is 0 Å². The van der Waals surface area contributed by atoms with Crippen molar-refractivity contribution < 1.29 is 4.39 Å². The molecule has 3 fully saturated rings. The third-order valence-electron chi connectivity index (χ3n) is 6.07. The third-order valence-corrected chi connectivity index (χ3v) is 6.07. The van der Waals surface area contributed by atoms with Crippen LogP contribution in [-0.2, 0) is 0 Å². The molecule has 0 aliphatic carbocycles. The molecule has 0 radical (unpaired) electrons. The fourth-order valence-corrected chi connectivity index (χ4v) is 4.72. The molecule has 1 atom stereocenters. The summed E-state index contributed by atoms with van der Waals surface area (Å²) >= 11 is 0. The molecule has 3 nitrogen and oxygen atoms in total. The van der Waals surface area contributed by atoms with Crippen LogP contribution in [0.15, 0.2) is 55.0 Å². The molecule has 3 aliphatic heterocycles. The van der Waals surface area contributed by atoms with Crippen molar-refractivity contribution in [2.75, 3.05) is 19.6 Å². The summed E-state index contributed by atoms with van der Waals surface area (Å²) in [4.78, 5) is 10.3. The van der Waals surface area contributed by atoms with Crippen molar-refractivity contribution in [1.29, 1.82) is 0 Å². The second-order valence-corrected chi connectivity index (χ2v) is 7.48. The minimum absolute atomic E-state index is 0.205. The molecule has 0 saturated carbocycles.